The summed E-state index contributed by atoms with van der Waals surface area (Å²) >= 11 is 5.79. The number of pyridine rings is 1. The Balaban J connectivity index is 1.67. The molecule has 0 spiro atoms. The first-order valence-corrected chi connectivity index (χ1v) is 11.9. The van der Waals surface area contributed by atoms with E-state index >= 15 is 0 Å². The van der Waals surface area contributed by atoms with Crippen LogP contribution in [0.15, 0.2) is 54.7 Å². The van der Waals surface area contributed by atoms with Gasteiger partial charge in [-0.25, -0.2) is 18.0 Å². The molecule has 1 aliphatic rings. The molecule has 1 heterocycles. The Hall–Kier alpha value is -3.93. The zero-order valence-corrected chi connectivity index (χ0v) is 20.6. The Morgan fingerprint density at radius 1 is 1.13 bits per heavy atom. The molecule has 0 saturated heterocycles. The fourth-order valence-corrected chi connectivity index (χ4v) is 4.64. The van der Waals surface area contributed by atoms with Gasteiger partial charge in [-0.15, -0.1) is 0 Å². The number of hydrogen-bond donors (Lipinski definition) is 2. The lowest BCUT2D eigenvalue weighted by atomic mass is 9.75. The molecule has 39 heavy (non-hydrogen) atoms. The normalized spacial score (nSPS) is 15.5. The molecule has 1 fully saturated rings. The lowest BCUT2D eigenvalue weighted by molar-refractivity contribution is -0.614. The van der Waals surface area contributed by atoms with E-state index in [0.717, 1.165) is 18.3 Å². The minimum atomic E-state index is -3.29. The number of halogens is 6. The van der Waals surface area contributed by atoms with Crippen molar-refractivity contribution in [3.63, 3.8) is 0 Å². The SMILES string of the molecule is O=C(O)c1ccc(NC(=O)C(CC2CC(F)(F)C2)c2ccc(-c3c(OC(F)F)ccc(Cl)c3F)c[n+]2[O-])cc1. The molecular weight excluding hydrogens is 551 g/mol. The van der Waals surface area contributed by atoms with Crippen molar-refractivity contribution in [1.29, 1.82) is 0 Å². The Bertz CT molecular complexity index is 1400. The van der Waals surface area contributed by atoms with Crippen molar-refractivity contribution >= 4 is 29.2 Å². The quantitative estimate of drug-likeness (QED) is 0.180. The number of aromatic nitrogens is 1. The van der Waals surface area contributed by atoms with E-state index in [9.17, 15) is 36.7 Å². The van der Waals surface area contributed by atoms with Gasteiger partial charge in [-0.2, -0.15) is 13.5 Å². The maximum absolute atomic E-state index is 14.8. The molecule has 1 amide bonds. The third kappa shape index (κ3) is 6.39. The lowest BCUT2D eigenvalue weighted by Crippen LogP contribution is -2.41. The highest BCUT2D eigenvalue weighted by atomic mass is 35.5. The number of rotatable bonds is 9. The first-order chi connectivity index (χ1) is 18.3. The summed E-state index contributed by atoms with van der Waals surface area (Å²) in [4.78, 5) is 24.3. The number of anilines is 1. The molecule has 1 atom stereocenters. The molecule has 3 aromatic rings. The average molecular weight is 571 g/mol. The van der Waals surface area contributed by atoms with Crippen LogP contribution in [0.4, 0.5) is 27.6 Å². The number of alkyl halides is 4. The van der Waals surface area contributed by atoms with Gasteiger partial charge in [0, 0.05) is 24.6 Å². The number of carboxylic acids is 1. The molecule has 1 aliphatic carbocycles. The van der Waals surface area contributed by atoms with Crippen LogP contribution in [-0.4, -0.2) is 29.5 Å². The van der Waals surface area contributed by atoms with Crippen molar-refractivity contribution in [3.05, 3.63) is 82.0 Å². The van der Waals surface area contributed by atoms with Crippen LogP contribution in [-0.2, 0) is 4.79 Å². The van der Waals surface area contributed by atoms with Gasteiger partial charge in [0.05, 0.1) is 21.7 Å². The smallest absolute Gasteiger partial charge is 0.387 e. The van der Waals surface area contributed by atoms with Crippen LogP contribution in [0.3, 0.4) is 0 Å². The summed E-state index contributed by atoms with van der Waals surface area (Å²) < 4.78 is 72.1. The molecule has 0 bridgehead atoms. The van der Waals surface area contributed by atoms with Crippen LogP contribution in [0.2, 0.25) is 5.02 Å². The van der Waals surface area contributed by atoms with Crippen LogP contribution < -0.4 is 14.8 Å². The van der Waals surface area contributed by atoms with E-state index < -0.39 is 71.2 Å². The van der Waals surface area contributed by atoms with Crippen LogP contribution in [0.25, 0.3) is 11.1 Å². The second-order valence-electron chi connectivity index (χ2n) is 9.07. The molecule has 0 aliphatic heterocycles. The second-order valence-corrected chi connectivity index (χ2v) is 9.48. The maximum atomic E-state index is 14.8. The number of hydrogen-bond acceptors (Lipinski definition) is 4. The summed E-state index contributed by atoms with van der Waals surface area (Å²) in [7, 11) is 0. The van der Waals surface area contributed by atoms with Gasteiger partial charge < -0.3 is 20.4 Å². The van der Waals surface area contributed by atoms with Gasteiger partial charge in [0.2, 0.25) is 17.5 Å². The van der Waals surface area contributed by atoms with E-state index in [1.165, 1.54) is 36.4 Å². The molecule has 2 aromatic carbocycles. The maximum Gasteiger partial charge on any atom is 0.387 e. The number of carbonyl (C=O) groups excluding carboxylic acids is 1. The van der Waals surface area contributed by atoms with Gasteiger partial charge >= 0.3 is 12.6 Å². The summed E-state index contributed by atoms with van der Waals surface area (Å²) in [5.41, 5.74) is -0.664. The number of nitrogens with one attached hydrogen (secondary N) is 1. The minimum Gasteiger partial charge on any atom is -0.618 e. The number of amides is 1. The second kappa shape index (κ2) is 11.0. The van der Waals surface area contributed by atoms with Crippen molar-refractivity contribution in [1.82, 2.24) is 0 Å². The highest BCUT2D eigenvalue weighted by molar-refractivity contribution is 6.31. The molecule has 2 N–H and O–H groups in total. The van der Waals surface area contributed by atoms with E-state index in [1.807, 2.05) is 0 Å². The summed E-state index contributed by atoms with van der Waals surface area (Å²) in [6.45, 7) is -3.29. The summed E-state index contributed by atoms with van der Waals surface area (Å²) in [5.74, 6) is -8.25. The van der Waals surface area contributed by atoms with E-state index in [2.05, 4.69) is 10.1 Å². The molecule has 1 aromatic heterocycles. The van der Waals surface area contributed by atoms with Gasteiger partial charge in [-0.1, -0.05) is 11.6 Å². The van der Waals surface area contributed by atoms with Crippen LogP contribution >= 0.6 is 11.6 Å². The highest BCUT2D eigenvalue weighted by Crippen LogP contribution is 2.46. The van der Waals surface area contributed by atoms with E-state index in [-0.39, 0.29) is 33.7 Å². The molecule has 13 heteroatoms. The fourth-order valence-electron chi connectivity index (χ4n) is 4.48. The summed E-state index contributed by atoms with van der Waals surface area (Å²) in [6.07, 6.45) is -0.201. The number of nitrogens with zero attached hydrogens (tertiary/aromatic N) is 1. The Morgan fingerprint density at radius 3 is 2.36 bits per heavy atom. The van der Waals surface area contributed by atoms with Crippen molar-refractivity contribution < 1.29 is 46.1 Å². The zero-order valence-electron chi connectivity index (χ0n) is 19.8. The lowest BCUT2D eigenvalue weighted by Gasteiger charge is -2.36. The number of carbonyl (C=O) groups is 2. The summed E-state index contributed by atoms with van der Waals surface area (Å²) in [5, 5.41) is 24.2. The predicted molar refractivity (Wildman–Crippen MR) is 129 cm³/mol. The minimum absolute atomic E-state index is 0.0299. The van der Waals surface area contributed by atoms with Gasteiger partial charge in [0.15, 0.2) is 12.0 Å². The number of benzene rings is 2. The first-order valence-electron chi connectivity index (χ1n) is 11.5. The number of aromatic carboxylic acids is 1. The highest BCUT2D eigenvalue weighted by Gasteiger charge is 2.47. The number of carboxylic acid groups (broad SMARTS) is 1. The fraction of sp³-hybridized carbons (Fsp3) is 0.269. The molecule has 0 radical (unpaired) electrons. The van der Waals surface area contributed by atoms with E-state index in [0.29, 0.717) is 0 Å². The van der Waals surface area contributed by atoms with Gasteiger partial charge in [-0.3, -0.25) is 4.79 Å². The predicted octanol–water partition coefficient (Wildman–Crippen LogP) is 6.24. The Labute approximate surface area is 223 Å². The van der Waals surface area contributed by atoms with E-state index in [4.69, 9.17) is 16.7 Å². The standard InChI is InChI=1S/C26H20ClF5N2O5/c27-18-6-8-20(39-25(29)30)21(22(18)28)15-3-7-19(34(38)12-15)17(9-13-10-26(31,32)11-13)23(35)33-16-4-1-14(2-5-16)24(36)37/h1-8,12-13,17,25H,9-11H2,(H,33,35)(H,36,37). The van der Waals surface area contributed by atoms with Crippen molar-refractivity contribution in [2.75, 3.05) is 5.32 Å². The Kier molecular flexibility index (Phi) is 7.96. The van der Waals surface area contributed by atoms with Gasteiger partial charge in [-0.05, 0) is 54.8 Å². The monoisotopic (exact) mass is 570 g/mol. The van der Waals surface area contributed by atoms with Crippen molar-refractivity contribution in [2.24, 2.45) is 5.92 Å². The number of ether oxygens (including phenoxy) is 1. The topological polar surface area (TPSA) is 103 Å². The van der Waals surface area contributed by atoms with Crippen molar-refractivity contribution in [3.8, 4) is 16.9 Å². The largest absolute Gasteiger partial charge is 0.618 e. The van der Waals surface area contributed by atoms with E-state index in [1.54, 1.807) is 0 Å². The molecule has 1 unspecified atom stereocenters. The molecule has 1 saturated carbocycles. The molecule has 4 rings (SSSR count). The average Bonchev–Trinajstić information content (AvgIpc) is 2.84. The Morgan fingerprint density at radius 2 is 1.79 bits per heavy atom. The zero-order chi connectivity index (χ0) is 28.5. The molecule has 7 nitrogen and oxygen atoms in total. The third-order valence-corrected chi connectivity index (χ3v) is 6.61. The van der Waals surface area contributed by atoms with Crippen LogP contribution in [0, 0.1) is 16.9 Å². The first kappa shape index (κ1) is 28.1. The molecule has 206 valence electrons. The van der Waals surface area contributed by atoms with Gasteiger partial charge in [0.25, 0.3) is 0 Å². The van der Waals surface area contributed by atoms with Gasteiger partial charge in [0.1, 0.15) is 11.7 Å². The third-order valence-electron chi connectivity index (χ3n) is 6.32. The van der Waals surface area contributed by atoms with Crippen LogP contribution in [0.5, 0.6) is 5.75 Å². The van der Waals surface area contributed by atoms with Crippen LogP contribution in [0.1, 0.15) is 41.2 Å². The summed E-state index contributed by atoms with van der Waals surface area (Å²) in [6, 6.07) is 9.56. The molecular formula is C26H20ClF5N2O5. The van der Waals surface area contributed by atoms with Crippen molar-refractivity contribution in [2.45, 2.75) is 37.7 Å².